The fraction of sp³-hybridized carbons (Fsp3) is 0.0870. The molecule has 33 heavy (non-hydrogen) atoms. The van der Waals surface area contributed by atoms with Gasteiger partial charge in [0.15, 0.2) is 0 Å². The van der Waals surface area contributed by atoms with Crippen LogP contribution in [0, 0.1) is 12.3 Å². The van der Waals surface area contributed by atoms with Gasteiger partial charge in [-0.3, -0.25) is 14.6 Å². The molecule has 0 unspecified atom stereocenters. The maximum Gasteiger partial charge on any atom is 0.267 e. The summed E-state index contributed by atoms with van der Waals surface area (Å²) in [7, 11) is -4.13. The summed E-state index contributed by atoms with van der Waals surface area (Å²) in [6, 6.07) is 13.8. The fourth-order valence-electron chi connectivity index (χ4n) is 3.73. The number of fused-ring (bicyclic) bond motifs is 2. The van der Waals surface area contributed by atoms with Crippen LogP contribution < -0.4 is 11.0 Å². The summed E-state index contributed by atoms with van der Waals surface area (Å²) in [6.45, 7) is 1.85. The van der Waals surface area contributed by atoms with Gasteiger partial charge in [0.1, 0.15) is 27.4 Å². The van der Waals surface area contributed by atoms with Crippen LogP contribution in [0.1, 0.15) is 11.3 Å². The van der Waals surface area contributed by atoms with Crippen molar-refractivity contribution in [2.45, 2.75) is 23.3 Å². The first-order valence-electron chi connectivity index (χ1n) is 9.90. The maximum atomic E-state index is 13.5. The molecule has 0 aliphatic carbocycles. The van der Waals surface area contributed by atoms with Crippen LogP contribution in [0.2, 0.25) is 5.02 Å². The molecular weight excluding hydrogens is 464 g/mol. The van der Waals surface area contributed by atoms with Gasteiger partial charge in [0.05, 0.1) is 23.1 Å². The van der Waals surface area contributed by atoms with E-state index in [0.717, 1.165) is 5.56 Å². The summed E-state index contributed by atoms with van der Waals surface area (Å²) in [4.78, 5) is 17.7. The molecule has 0 bridgehead atoms. The number of nitrogens with zero attached hydrogens (tertiary/aromatic N) is 3. The number of hydrogen-bond acceptors (Lipinski definition) is 6. The van der Waals surface area contributed by atoms with Crippen LogP contribution in [0.3, 0.4) is 0 Å². The predicted octanol–water partition coefficient (Wildman–Crippen LogP) is 3.56. The number of pyridine rings is 2. The highest BCUT2D eigenvalue weighted by Gasteiger charge is 2.24. The molecule has 8 nitrogen and oxygen atoms in total. The van der Waals surface area contributed by atoms with Gasteiger partial charge in [-0.25, -0.2) is 13.4 Å². The molecule has 1 aromatic carbocycles. The van der Waals surface area contributed by atoms with Crippen molar-refractivity contribution in [3.05, 3.63) is 99.2 Å². The van der Waals surface area contributed by atoms with E-state index in [0.29, 0.717) is 16.4 Å². The number of nitrogens with one attached hydrogen (secondary N) is 1. The third-order valence-corrected chi connectivity index (χ3v) is 7.44. The van der Waals surface area contributed by atoms with E-state index in [4.69, 9.17) is 21.4 Å². The minimum atomic E-state index is -4.13. The molecule has 0 saturated heterocycles. The van der Waals surface area contributed by atoms with Crippen LogP contribution >= 0.6 is 11.6 Å². The molecule has 0 radical (unpaired) electrons. The number of sulfone groups is 1. The van der Waals surface area contributed by atoms with Crippen LogP contribution in [-0.4, -0.2) is 22.4 Å². The van der Waals surface area contributed by atoms with Crippen molar-refractivity contribution in [1.29, 1.82) is 5.41 Å². The smallest absolute Gasteiger partial charge is 0.267 e. The molecule has 0 spiro atoms. The number of furan rings is 1. The lowest BCUT2D eigenvalue weighted by atomic mass is 10.2. The molecule has 1 N–H and O–H groups in total. The first kappa shape index (κ1) is 21.2. The third kappa shape index (κ3) is 3.46. The second kappa shape index (κ2) is 7.72. The lowest BCUT2D eigenvalue weighted by Crippen LogP contribution is -2.30. The zero-order valence-corrected chi connectivity index (χ0v) is 18.9. The summed E-state index contributed by atoms with van der Waals surface area (Å²) in [5.74, 6) is 0.489. The molecule has 0 aliphatic heterocycles. The number of hydrogen-bond donors (Lipinski definition) is 1. The predicted molar refractivity (Wildman–Crippen MR) is 122 cm³/mol. The molecule has 0 atom stereocenters. The molecule has 5 rings (SSSR count). The van der Waals surface area contributed by atoms with Gasteiger partial charge in [-0.1, -0.05) is 17.7 Å². The zero-order chi connectivity index (χ0) is 23.3. The minimum Gasteiger partial charge on any atom is -0.467 e. The molecular formula is C23H17ClN4O4S. The van der Waals surface area contributed by atoms with Crippen molar-refractivity contribution in [1.82, 2.24) is 14.0 Å². The van der Waals surface area contributed by atoms with E-state index >= 15 is 0 Å². The molecule has 4 aromatic heterocycles. The van der Waals surface area contributed by atoms with E-state index in [9.17, 15) is 13.2 Å². The fourth-order valence-corrected chi connectivity index (χ4v) is 5.24. The molecule has 5 aromatic rings. The van der Waals surface area contributed by atoms with Crippen LogP contribution in [-0.2, 0) is 16.4 Å². The van der Waals surface area contributed by atoms with Crippen molar-refractivity contribution in [3.8, 4) is 0 Å². The maximum absolute atomic E-state index is 13.5. The molecule has 0 aliphatic rings. The van der Waals surface area contributed by atoms with Gasteiger partial charge in [-0.15, -0.1) is 0 Å². The van der Waals surface area contributed by atoms with E-state index in [1.165, 1.54) is 45.6 Å². The topological polar surface area (TPSA) is 110 Å². The van der Waals surface area contributed by atoms with Gasteiger partial charge < -0.3 is 8.98 Å². The van der Waals surface area contributed by atoms with E-state index in [2.05, 4.69) is 4.98 Å². The highest BCUT2D eigenvalue weighted by atomic mass is 35.5. The summed E-state index contributed by atoms with van der Waals surface area (Å²) in [6.07, 6.45) is 3.06. The first-order chi connectivity index (χ1) is 15.8. The Kier molecular flexibility index (Phi) is 4.95. The number of rotatable bonds is 4. The SMILES string of the molecule is Cc1cccn2c(=O)c3cc(S(=O)(=O)c4ccc(Cl)cc4)c(=N)n(Cc4ccco4)c3nc12. The number of benzene rings is 1. The van der Waals surface area contributed by atoms with Crippen LogP contribution in [0.5, 0.6) is 0 Å². The molecule has 0 saturated carbocycles. The van der Waals surface area contributed by atoms with Crippen LogP contribution in [0.25, 0.3) is 16.7 Å². The Morgan fingerprint density at radius 1 is 1.09 bits per heavy atom. The van der Waals surface area contributed by atoms with E-state index in [1.54, 1.807) is 24.4 Å². The summed E-state index contributed by atoms with van der Waals surface area (Å²) < 4.78 is 35.1. The van der Waals surface area contributed by atoms with Crippen molar-refractivity contribution >= 4 is 38.1 Å². The minimum absolute atomic E-state index is 0.0286. The quantitative estimate of drug-likeness (QED) is 0.395. The van der Waals surface area contributed by atoms with Gasteiger partial charge >= 0.3 is 0 Å². The molecule has 10 heteroatoms. The summed E-state index contributed by atoms with van der Waals surface area (Å²) in [5.41, 5.74) is 0.658. The van der Waals surface area contributed by atoms with Crippen LogP contribution in [0.4, 0.5) is 0 Å². The Morgan fingerprint density at radius 2 is 1.85 bits per heavy atom. The van der Waals surface area contributed by atoms with E-state index in [-0.39, 0.29) is 32.9 Å². The van der Waals surface area contributed by atoms with Gasteiger partial charge in [0.2, 0.25) is 9.84 Å². The Balaban J connectivity index is 1.90. The van der Waals surface area contributed by atoms with Crippen molar-refractivity contribution in [2.24, 2.45) is 0 Å². The van der Waals surface area contributed by atoms with E-state index in [1.807, 2.05) is 13.0 Å². The third-order valence-electron chi connectivity index (χ3n) is 5.41. The normalized spacial score (nSPS) is 11.9. The lowest BCUT2D eigenvalue weighted by Gasteiger charge is -2.15. The number of halogens is 1. The average molecular weight is 481 g/mol. The Hall–Kier alpha value is -3.69. The highest BCUT2D eigenvalue weighted by molar-refractivity contribution is 7.91. The Labute approximate surface area is 192 Å². The second-order valence-electron chi connectivity index (χ2n) is 7.52. The molecule has 166 valence electrons. The molecule has 4 heterocycles. The van der Waals surface area contributed by atoms with Crippen molar-refractivity contribution in [2.75, 3.05) is 0 Å². The first-order valence-corrected chi connectivity index (χ1v) is 11.8. The van der Waals surface area contributed by atoms with Crippen molar-refractivity contribution < 1.29 is 12.8 Å². The number of aromatic nitrogens is 3. The zero-order valence-electron chi connectivity index (χ0n) is 17.3. The van der Waals surface area contributed by atoms with Gasteiger partial charge in [-0.2, -0.15) is 0 Å². The van der Waals surface area contributed by atoms with Gasteiger partial charge in [0, 0.05) is 11.2 Å². The highest BCUT2D eigenvalue weighted by Crippen LogP contribution is 2.23. The van der Waals surface area contributed by atoms with E-state index < -0.39 is 15.4 Å². The van der Waals surface area contributed by atoms with Crippen LogP contribution in [0.15, 0.2) is 86.1 Å². The summed E-state index contributed by atoms with van der Waals surface area (Å²) in [5, 5.41) is 9.24. The second-order valence-corrected chi connectivity index (χ2v) is 9.87. The monoisotopic (exact) mass is 480 g/mol. The lowest BCUT2D eigenvalue weighted by molar-refractivity contribution is 0.488. The average Bonchev–Trinajstić information content (AvgIpc) is 3.30. The van der Waals surface area contributed by atoms with Gasteiger partial charge in [0.25, 0.3) is 5.56 Å². The summed E-state index contributed by atoms with van der Waals surface area (Å²) >= 11 is 5.91. The molecule has 0 amide bonds. The van der Waals surface area contributed by atoms with Crippen molar-refractivity contribution in [3.63, 3.8) is 0 Å². The standard InChI is InChI=1S/C23H17ClN4O4S/c1-14-4-2-10-27-21(14)26-22-18(23(27)29)12-19(20(25)28(22)13-16-5-3-11-32-16)33(30,31)17-8-6-15(24)7-9-17/h2-12,25H,13H2,1H3. The Morgan fingerprint density at radius 3 is 2.55 bits per heavy atom. The largest absolute Gasteiger partial charge is 0.467 e. The Bertz CT molecular complexity index is 1750. The molecule has 0 fully saturated rings. The van der Waals surface area contributed by atoms with Gasteiger partial charge in [-0.05, 0) is 61.0 Å². The number of aryl methyl sites for hydroxylation is 1.